The zero-order valence-corrected chi connectivity index (χ0v) is 8.23. The average molecular weight is 203 g/mol. The standard InChI is InChI=1S/C11H13N3O/c12-10(15)7-3-5-8-4-1-2-6-9(8)11(13)14/h1-6H,7H2,(H2,12,15)(H3,13,14). The minimum atomic E-state index is -0.383. The maximum atomic E-state index is 10.5. The number of carbonyl (C=O) groups is 1. The Morgan fingerprint density at radius 1 is 1.33 bits per heavy atom. The largest absolute Gasteiger partial charge is 0.384 e. The van der Waals surface area contributed by atoms with E-state index in [1.54, 1.807) is 18.2 Å². The number of carbonyl (C=O) groups excluding carboxylic acids is 1. The first-order valence-electron chi connectivity index (χ1n) is 4.49. The zero-order valence-electron chi connectivity index (χ0n) is 8.23. The van der Waals surface area contributed by atoms with Gasteiger partial charge in [0.05, 0.1) is 0 Å². The minimum absolute atomic E-state index is 0.00863. The van der Waals surface area contributed by atoms with Gasteiger partial charge < -0.3 is 11.5 Å². The highest BCUT2D eigenvalue weighted by molar-refractivity contribution is 5.98. The Labute approximate surface area is 88.1 Å². The molecule has 0 heterocycles. The molecule has 15 heavy (non-hydrogen) atoms. The molecule has 0 aliphatic rings. The maximum Gasteiger partial charge on any atom is 0.221 e. The summed E-state index contributed by atoms with van der Waals surface area (Å²) in [6.45, 7) is 0. The van der Waals surface area contributed by atoms with Crippen LogP contribution < -0.4 is 11.5 Å². The number of hydrogen-bond donors (Lipinski definition) is 3. The number of nitrogens with two attached hydrogens (primary N) is 2. The molecule has 1 aromatic rings. The van der Waals surface area contributed by atoms with Crippen molar-refractivity contribution in [2.75, 3.05) is 0 Å². The Morgan fingerprint density at radius 2 is 2.00 bits per heavy atom. The van der Waals surface area contributed by atoms with Crippen molar-refractivity contribution in [2.45, 2.75) is 6.42 Å². The molecule has 0 unspecified atom stereocenters. The van der Waals surface area contributed by atoms with E-state index in [2.05, 4.69) is 0 Å². The second kappa shape index (κ2) is 4.95. The van der Waals surface area contributed by atoms with Crippen molar-refractivity contribution in [2.24, 2.45) is 11.5 Å². The van der Waals surface area contributed by atoms with Gasteiger partial charge in [-0.3, -0.25) is 10.2 Å². The summed E-state index contributed by atoms with van der Waals surface area (Å²) in [5.41, 5.74) is 11.9. The van der Waals surface area contributed by atoms with E-state index in [0.29, 0.717) is 5.56 Å². The van der Waals surface area contributed by atoms with E-state index < -0.39 is 0 Å². The average Bonchev–Trinajstić information content (AvgIpc) is 2.17. The first-order chi connectivity index (χ1) is 7.11. The Hall–Kier alpha value is -2.10. The van der Waals surface area contributed by atoms with Crippen molar-refractivity contribution in [3.63, 3.8) is 0 Å². The summed E-state index contributed by atoms with van der Waals surface area (Å²) in [7, 11) is 0. The molecule has 4 nitrogen and oxygen atoms in total. The van der Waals surface area contributed by atoms with Crippen LogP contribution in [-0.2, 0) is 4.79 Å². The van der Waals surface area contributed by atoms with Gasteiger partial charge in [-0.2, -0.15) is 0 Å². The van der Waals surface area contributed by atoms with Crippen molar-refractivity contribution in [3.05, 3.63) is 41.5 Å². The summed E-state index contributed by atoms with van der Waals surface area (Å²) >= 11 is 0. The molecule has 0 saturated heterocycles. The lowest BCUT2D eigenvalue weighted by Gasteiger charge is -2.02. The first-order valence-corrected chi connectivity index (χ1v) is 4.49. The van der Waals surface area contributed by atoms with Crippen LogP contribution >= 0.6 is 0 Å². The van der Waals surface area contributed by atoms with Gasteiger partial charge in [-0.15, -0.1) is 0 Å². The molecular weight excluding hydrogens is 190 g/mol. The number of hydrogen-bond acceptors (Lipinski definition) is 2. The smallest absolute Gasteiger partial charge is 0.221 e. The molecule has 5 N–H and O–H groups in total. The van der Waals surface area contributed by atoms with Crippen molar-refractivity contribution >= 4 is 17.8 Å². The summed E-state index contributed by atoms with van der Waals surface area (Å²) in [5.74, 6) is -0.374. The number of benzene rings is 1. The fraction of sp³-hybridized carbons (Fsp3) is 0.0909. The maximum absolute atomic E-state index is 10.5. The number of amides is 1. The lowest BCUT2D eigenvalue weighted by Crippen LogP contribution is -2.12. The van der Waals surface area contributed by atoms with E-state index >= 15 is 0 Å². The molecule has 1 aromatic carbocycles. The zero-order chi connectivity index (χ0) is 11.3. The van der Waals surface area contributed by atoms with Crippen LogP contribution in [0.4, 0.5) is 0 Å². The predicted molar refractivity (Wildman–Crippen MR) is 60.3 cm³/mol. The molecule has 0 radical (unpaired) electrons. The van der Waals surface area contributed by atoms with Gasteiger partial charge in [0.2, 0.25) is 5.91 Å². The topological polar surface area (TPSA) is 93.0 Å². The lowest BCUT2D eigenvalue weighted by molar-refractivity contribution is -0.117. The second-order valence-electron chi connectivity index (χ2n) is 3.07. The predicted octanol–water partition coefficient (Wildman–Crippen LogP) is 0.859. The molecule has 78 valence electrons. The molecule has 0 fully saturated rings. The molecule has 0 bridgehead atoms. The van der Waals surface area contributed by atoms with E-state index in [-0.39, 0.29) is 18.2 Å². The third-order valence-corrected chi connectivity index (χ3v) is 1.87. The van der Waals surface area contributed by atoms with Gasteiger partial charge in [0.25, 0.3) is 0 Å². The normalized spacial score (nSPS) is 10.4. The van der Waals surface area contributed by atoms with Crippen LogP contribution in [0.1, 0.15) is 17.5 Å². The van der Waals surface area contributed by atoms with Gasteiger partial charge in [0, 0.05) is 12.0 Å². The van der Waals surface area contributed by atoms with Gasteiger partial charge in [-0.05, 0) is 5.56 Å². The minimum Gasteiger partial charge on any atom is -0.384 e. The van der Waals surface area contributed by atoms with Crippen molar-refractivity contribution < 1.29 is 4.79 Å². The second-order valence-corrected chi connectivity index (χ2v) is 3.07. The number of rotatable bonds is 4. The molecule has 4 heteroatoms. The van der Waals surface area contributed by atoms with Crippen LogP contribution in [0.15, 0.2) is 30.3 Å². The van der Waals surface area contributed by atoms with E-state index in [1.807, 2.05) is 18.2 Å². The Morgan fingerprint density at radius 3 is 2.60 bits per heavy atom. The summed E-state index contributed by atoms with van der Waals surface area (Å²) in [5, 5.41) is 7.35. The van der Waals surface area contributed by atoms with E-state index in [4.69, 9.17) is 16.9 Å². The fourth-order valence-corrected chi connectivity index (χ4v) is 1.19. The molecule has 1 amide bonds. The number of nitrogen functional groups attached to an aromatic ring is 1. The molecule has 0 aliphatic carbocycles. The highest BCUT2D eigenvalue weighted by atomic mass is 16.1. The Kier molecular flexibility index (Phi) is 3.62. The lowest BCUT2D eigenvalue weighted by atomic mass is 10.1. The van der Waals surface area contributed by atoms with Crippen molar-refractivity contribution in [1.29, 1.82) is 5.41 Å². The molecule has 0 atom stereocenters. The third kappa shape index (κ3) is 3.27. The monoisotopic (exact) mass is 203 g/mol. The van der Waals surface area contributed by atoms with E-state index in [1.165, 1.54) is 0 Å². The summed E-state index contributed by atoms with van der Waals surface area (Å²) in [4.78, 5) is 10.5. The van der Waals surface area contributed by atoms with Gasteiger partial charge in [0.15, 0.2) is 0 Å². The fourth-order valence-electron chi connectivity index (χ4n) is 1.19. The third-order valence-electron chi connectivity index (χ3n) is 1.87. The van der Waals surface area contributed by atoms with Crippen LogP contribution in [0.5, 0.6) is 0 Å². The van der Waals surface area contributed by atoms with Gasteiger partial charge in [-0.25, -0.2) is 0 Å². The molecule has 0 spiro atoms. The van der Waals surface area contributed by atoms with Crippen LogP contribution in [0, 0.1) is 5.41 Å². The van der Waals surface area contributed by atoms with E-state index in [0.717, 1.165) is 5.56 Å². The summed E-state index contributed by atoms with van der Waals surface area (Å²) in [6, 6.07) is 7.24. The van der Waals surface area contributed by atoms with Crippen LogP contribution in [0.2, 0.25) is 0 Å². The van der Waals surface area contributed by atoms with E-state index in [9.17, 15) is 4.79 Å². The highest BCUT2D eigenvalue weighted by Crippen LogP contribution is 2.10. The summed E-state index contributed by atoms with van der Waals surface area (Å²) < 4.78 is 0. The quantitative estimate of drug-likeness (QED) is 0.500. The number of amidine groups is 1. The van der Waals surface area contributed by atoms with Gasteiger partial charge in [0.1, 0.15) is 5.84 Å². The number of primary amides is 1. The molecule has 0 aromatic heterocycles. The Bertz CT molecular complexity index is 410. The molecular formula is C11H13N3O. The first kappa shape index (κ1) is 11.0. The highest BCUT2D eigenvalue weighted by Gasteiger charge is 2.00. The summed E-state index contributed by atoms with van der Waals surface area (Å²) in [6.07, 6.45) is 3.58. The molecule has 0 aliphatic heterocycles. The Balaban J connectivity index is 2.89. The number of nitrogens with one attached hydrogen (secondary N) is 1. The van der Waals surface area contributed by atoms with Crippen LogP contribution in [0.3, 0.4) is 0 Å². The SMILES string of the molecule is N=C(N)c1ccccc1C=CCC(N)=O. The van der Waals surface area contributed by atoms with Crippen LogP contribution in [-0.4, -0.2) is 11.7 Å². The van der Waals surface area contributed by atoms with Crippen LogP contribution in [0.25, 0.3) is 6.08 Å². The van der Waals surface area contributed by atoms with Gasteiger partial charge >= 0.3 is 0 Å². The van der Waals surface area contributed by atoms with Crippen molar-refractivity contribution in [1.82, 2.24) is 0 Å². The molecule has 0 saturated carbocycles. The van der Waals surface area contributed by atoms with Crippen molar-refractivity contribution in [3.8, 4) is 0 Å². The molecule has 1 rings (SSSR count). The van der Waals surface area contributed by atoms with Gasteiger partial charge in [-0.1, -0.05) is 36.4 Å².